The zero-order chi connectivity index (χ0) is 24.9. The van der Waals surface area contributed by atoms with Crippen molar-refractivity contribution in [3.8, 4) is 5.75 Å². The van der Waals surface area contributed by atoms with E-state index in [4.69, 9.17) is 32.9 Å². The van der Waals surface area contributed by atoms with Crippen molar-refractivity contribution in [3.63, 3.8) is 0 Å². The van der Waals surface area contributed by atoms with Crippen molar-refractivity contribution >= 4 is 52.1 Å². The van der Waals surface area contributed by atoms with E-state index in [-0.39, 0.29) is 11.9 Å². The Kier molecular flexibility index (Phi) is 8.61. The average molecular weight is 544 g/mol. The molecule has 0 bridgehead atoms. The first-order valence-corrected chi connectivity index (χ1v) is 14.6. The standard InChI is InChI=1S/C29H32Cl2N2O2S/c30-25-16-13-21(17-26(25)31)19-35-24-14-11-20(12-15-24)18-27-28(34)33(23-9-5-2-6-10-23)29(36-27)32-22-7-3-1-4-8-22/h11-18,22-23H,1-10,19H2. The Hall–Kier alpha value is -1.95. The van der Waals surface area contributed by atoms with Crippen LogP contribution in [0.15, 0.2) is 52.4 Å². The highest BCUT2D eigenvalue weighted by atomic mass is 35.5. The molecule has 1 saturated heterocycles. The Morgan fingerprint density at radius 3 is 2.31 bits per heavy atom. The van der Waals surface area contributed by atoms with E-state index in [0.717, 1.165) is 52.6 Å². The van der Waals surface area contributed by atoms with Crippen LogP contribution in [0.5, 0.6) is 5.75 Å². The summed E-state index contributed by atoms with van der Waals surface area (Å²) in [4.78, 5) is 21.5. The van der Waals surface area contributed by atoms with Gasteiger partial charge in [-0.05, 0) is 78.9 Å². The van der Waals surface area contributed by atoms with Gasteiger partial charge in [-0.3, -0.25) is 14.7 Å². The highest BCUT2D eigenvalue weighted by Crippen LogP contribution is 2.38. The van der Waals surface area contributed by atoms with E-state index in [1.165, 1.54) is 38.5 Å². The molecule has 0 radical (unpaired) electrons. The Labute approximate surface area is 228 Å². The quantitative estimate of drug-likeness (QED) is 0.343. The number of halogens is 2. The van der Waals surface area contributed by atoms with Gasteiger partial charge in [0, 0.05) is 6.04 Å². The Bertz CT molecular complexity index is 1140. The van der Waals surface area contributed by atoms with Crippen LogP contribution >= 0.6 is 35.0 Å². The molecule has 1 heterocycles. The third-order valence-corrected chi connectivity index (χ3v) is 8.95. The fraction of sp³-hybridized carbons (Fsp3) is 0.448. The van der Waals surface area contributed by atoms with Crippen molar-refractivity contribution in [2.24, 2.45) is 4.99 Å². The summed E-state index contributed by atoms with van der Waals surface area (Å²) >= 11 is 13.6. The van der Waals surface area contributed by atoms with Gasteiger partial charge in [0.15, 0.2) is 5.17 Å². The van der Waals surface area contributed by atoms with Crippen LogP contribution < -0.4 is 4.74 Å². The lowest BCUT2D eigenvalue weighted by Crippen LogP contribution is -2.41. The molecule has 5 rings (SSSR count). The molecule has 0 unspecified atom stereocenters. The number of rotatable bonds is 6. The molecule has 2 saturated carbocycles. The van der Waals surface area contributed by atoms with Crippen LogP contribution in [-0.4, -0.2) is 28.1 Å². The lowest BCUT2D eigenvalue weighted by Gasteiger charge is -2.31. The maximum Gasteiger partial charge on any atom is 0.266 e. The number of amidine groups is 1. The highest BCUT2D eigenvalue weighted by Gasteiger charge is 2.39. The molecule has 2 aliphatic carbocycles. The molecule has 3 fully saturated rings. The van der Waals surface area contributed by atoms with Crippen molar-refractivity contribution in [1.29, 1.82) is 0 Å². The lowest BCUT2D eigenvalue weighted by molar-refractivity contribution is -0.124. The Morgan fingerprint density at radius 2 is 1.61 bits per heavy atom. The molecule has 2 aromatic carbocycles. The number of aliphatic imine (C=N–C) groups is 1. The molecule has 190 valence electrons. The molecule has 3 aliphatic rings. The number of hydrogen-bond donors (Lipinski definition) is 0. The van der Waals surface area contributed by atoms with Gasteiger partial charge in [-0.2, -0.15) is 0 Å². The first-order chi connectivity index (χ1) is 17.6. The second-order valence-corrected chi connectivity index (χ2v) is 11.7. The predicted molar refractivity (Wildman–Crippen MR) is 151 cm³/mol. The van der Waals surface area contributed by atoms with E-state index >= 15 is 0 Å². The zero-order valence-corrected chi connectivity index (χ0v) is 22.8. The number of hydrogen-bond acceptors (Lipinski definition) is 4. The minimum absolute atomic E-state index is 0.112. The highest BCUT2D eigenvalue weighted by molar-refractivity contribution is 8.18. The SMILES string of the molecule is O=C1C(=Cc2ccc(OCc3ccc(Cl)c(Cl)c3)cc2)SC(=NC2CCCCC2)N1C1CCCCC1. The average Bonchev–Trinajstić information content (AvgIpc) is 3.20. The third-order valence-electron chi connectivity index (χ3n) is 7.21. The fourth-order valence-electron chi connectivity index (χ4n) is 5.21. The molecular formula is C29H32Cl2N2O2S. The number of amides is 1. The van der Waals surface area contributed by atoms with E-state index in [9.17, 15) is 4.79 Å². The molecule has 1 aliphatic heterocycles. The number of nitrogens with zero attached hydrogens (tertiary/aromatic N) is 2. The van der Waals surface area contributed by atoms with Crippen LogP contribution in [0.2, 0.25) is 10.0 Å². The van der Waals surface area contributed by atoms with Gasteiger partial charge < -0.3 is 4.74 Å². The summed E-state index contributed by atoms with van der Waals surface area (Å²) in [6.07, 6.45) is 13.9. The van der Waals surface area contributed by atoms with E-state index in [1.807, 2.05) is 47.4 Å². The fourth-order valence-corrected chi connectivity index (χ4v) is 6.64. The third kappa shape index (κ3) is 6.30. The van der Waals surface area contributed by atoms with Gasteiger partial charge in [0.25, 0.3) is 5.91 Å². The summed E-state index contributed by atoms with van der Waals surface area (Å²) in [7, 11) is 0. The van der Waals surface area contributed by atoms with Gasteiger partial charge in [0.1, 0.15) is 12.4 Å². The van der Waals surface area contributed by atoms with Crippen molar-refractivity contribution in [2.45, 2.75) is 82.9 Å². The monoisotopic (exact) mass is 542 g/mol. The van der Waals surface area contributed by atoms with Gasteiger partial charge >= 0.3 is 0 Å². The summed E-state index contributed by atoms with van der Waals surface area (Å²) in [6, 6.07) is 14.0. The van der Waals surface area contributed by atoms with Crippen LogP contribution in [-0.2, 0) is 11.4 Å². The molecule has 0 aromatic heterocycles. The second kappa shape index (κ2) is 12.1. The first kappa shape index (κ1) is 25.7. The number of thioether (sulfide) groups is 1. The van der Waals surface area contributed by atoms with Crippen LogP contribution in [0, 0.1) is 0 Å². The topological polar surface area (TPSA) is 41.9 Å². The van der Waals surface area contributed by atoms with E-state index in [0.29, 0.717) is 22.7 Å². The maximum atomic E-state index is 13.6. The number of carbonyl (C=O) groups excluding carboxylic acids is 1. The van der Waals surface area contributed by atoms with Gasteiger partial charge in [-0.1, -0.05) is 79.9 Å². The summed E-state index contributed by atoms with van der Waals surface area (Å²) in [5.74, 6) is 0.874. The normalized spacial score (nSPS) is 22.1. The first-order valence-electron chi connectivity index (χ1n) is 13.0. The van der Waals surface area contributed by atoms with Crippen molar-refractivity contribution in [2.75, 3.05) is 0 Å². The largest absolute Gasteiger partial charge is 0.489 e. The molecule has 7 heteroatoms. The molecule has 4 nitrogen and oxygen atoms in total. The summed E-state index contributed by atoms with van der Waals surface area (Å²) in [5, 5.41) is 1.98. The van der Waals surface area contributed by atoms with Gasteiger partial charge in [0.05, 0.1) is 21.0 Å². The minimum Gasteiger partial charge on any atom is -0.489 e. The van der Waals surface area contributed by atoms with Crippen LogP contribution in [0.3, 0.4) is 0 Å². The minimum atomic E-state index is 0.112. The van der Waals surface area contributed by atoms with Gasteiger partial charge in [0.2, 0.25) is 0 Å². The smallest absolute Gasteiger partial charge is 0.266 e. The summed E-state index contributed by atoms with van der Waals surface area (Å²) in [6.45, 7) is 0.406. The van der Waals surface area contributed by atoms with E-state index in [1.54, 1.807) is 17.8 Å². The van der Waals surface area contributed by atoms with Gasteiger partial charge in [-0.15, -0.1) is 0 Å². The summed E-state index contributed by atoms with van der Waals surface area (Å²) in [5.41, 5.74) is 1.94. The van der Waals surface area contributed by atoms with Crippen molar-refractivity contribution in [3.05, 3.63) is 68.5 Å². The summed E-state index contributed by atoms with van der Waals surface area (Å²) < 4.78 is 5.91. The molecule has 2 aromatic rings. The number of benzene rings is 2. The number of ether oxygens (including phenoxy) is 1. The van der Waals surface area contributed by atoms with E-state index < -0.39 is 0 Å². The van der Waals surface area contributed by atoms with Gasteiger partial charge in [-0.25, -0.2) is 0 Å². The molecular weight excluding hydrogens is 511 g/mol. The predicted octanol–water partition coefficient (Wildman–Crippen LogP) is 8.51. The molecule has 0 N–H and O–H groups in total. The molecule has 36 heavy (non-hydrogen) atoms. The Morgan fingerprint density at radius 1 is 0.917 bits per heavy atom. The van der Waals surface area contributed by atoms with Crippen molar-refractivity contribution < 1.29 is 9.53 Å². The molecule has 1 amide bonds. The van der Waals surface area contributed by atoms with Crippen LogP contribution in [0.1, 0.15) is 75.3 Å². The van der Waals surface area contributed by atoms with Crippen molar-refractivity contribution in [1.82, 2.24) is 4.90 Å². The molecule has 0 spiro atoms. The van der Waals surface area contributed by atoms with E-state index in [2.05, 4.69) is 0 Å². The molecule has 0 atom stereocenters. The van der Waals surface area contributed by atoms with Crippen LogP contribution in [0.4, 0.5) is 0 Å². The lowest BCUT2D eigenvalue weighted by atomic mass is 9.94. The maximum absolute atomic E-state index is 13.6. The Balaban J connectivity index is 1.29. The zero-order valence-electron chi connectivity index (χ0n) is 20.4. The number of carbonyl (C=O) groups is 1. The van der Waals surface area contributed by atoms with Crippen LogP contribution in [0.25, 0.3) is 6.08 Å². The second-order valence-electron chi connectivity index (χ2n) is 9.89.